The van der Waals surface area contributed by atoms with Gasteiger partial charge in [0.05, 0.1) is 26.7 Å². The Kier molecular flexibility index (Phi) is 10.9. The summed E-state index contributed by atoms with van der Waals surface area (Å²) in [4.78, 5) is 25.0. The highest BCUT2D eigenvalue weighted by Crippen LogP contribution is 2.51. The molecule has 248 valence electrons. The smallest absolute Gasteiger partial charge is 0.330 e. The van der Waals surface area contributed by atoms with Crippen LogP contribution in [-0.4, -0.2) is 54.7 Å². The fraction of sp³-hybridized carbons (Fsp3) is 0.211. The molecule has 0 radical (unpaired) electrons. The SMILES string of the molecule is COc1cc([C@@H]2Oc3c(OC)cc(CCCOC(=O)/C=C/c4ccc(O)cc4)cc3[C@H]2COC(=O)/C=C/c2ccc(O)cc2)ccc1O. The fourth-order valence-corrected chi connectivity index (χ4v) is 5.32. The van der Waals surface area contributed by atoms with Crippen LogP contribution >= 0.6 is 0 Å². The molecule has 0 fully saturated rings. The van der Waals surface area contributed by atoms with Gasteiger partial charge in [0, 0.05) is 17.7 Å². The molecule has 0 aromatic heterocycles. The molecule has 1 aliphatic rings. The van der Waals surface area contributed by atoms with Gasteiger partial charge in [-0.3, -0.25) is 0 Å². The van der Waals surface area contributed by atoms with Gasteiger partial charge < -0.3 is 39.0 Å². The molecule has 10 heteroatoms. The molecule has 0 aliphatic carbocycles. The number of esters is 2. The van der Waals surface area contributed by atoms with Gasteiger partial charge in [-0.1, -0.05) is 36.4 Å². The van der Waals surface area contributed by atoms with Gasteiger partial charge in [-0.2, -0.15) is 0 Å². The number of hydrogen-bond donors (Lipinski definition) is 3. The highest BCUT2D eigenvalue weighted by molar-refractivity contribution is 5.87. The van der Waals surface area contributed by atoms with Gasteiger partial charge in [-0.05, 0) is 89.7 Å². The van der Waals surface area contributed by atoms with Crippen molar-refractivity contribution in [3.8, 4) is 34.5 Å². The third-order valence-electron chi connectivity index (χ3n) is 7.77. The van der Waals surface area contributed by atoms with E-state index in [1.54, 1.807) is 55.7 Å². The first-order valence-corrected chi connectivity index (χ1v) is 15.3. The molecule has 0 spiro atoms. The summed E-state index contributed by atoms with van der Waals surface area (Å²) < 4.78 is 28.5. The lowest BCUT2D eigenvalue weighted by molar-refractivity contribution is -0.139. The van der Waals surface area contributed by atoms with Crippen molar-refractivity contribution in [3.63, 3.8) is 0 Å². The van der Waals surface area contributed by atoms with Gasteiger partial charge in [0.25, 0.3) is 0 Å². The maximum atomic E-state index is 12.8. The lowest BCUT2D eigenvalue weighted by Crippen LogP contribution is -2.17. The van der Waals surface area contributed by atoms with Crippen LogP contribution in [0.4, 0.5) is 0 Å². The first kappa shape index (κ1) is 33.5. The second-order valence-electron chi connectivity index (χ2n) is 11.0. The van der Waals surface area contributed by atoms with Gasteiger partial charge in [-0.25, -0.2) is 9.59 Å². The average Bonchev–Trinajstić information content (AvgIpc) is 3.46. The molecule has 2 atom stereocenters. The summed E-state index contributed by atoms with van der Waals surface area (Å²) in [7, 11) is 3.01. The maximum Gasteiger partial charge on any atom is 0.330 e. The Morgan fingerprint density at radius 3 is 1.96 bits per heavy atom. The first-order valence-electron chi connectivity index (χ1n) is 15.3. The number of fused-ring (bicyclic) bond motifs is 1. The van der Waals surface area contributed by atoms with E-state index in [2.05, 4.69) is 0 Å². The minimum atomic E-state index is -0.589. The second kappa shape index (κ2) is 15.6. The number of ether oxygens (including phenoxy) is 5. The van der Waals surface area contributed by atoms with Crippen molar-refractivity contribution >= 4 is 24.1 Å². The van der Waals surface area contributed by atoms with Gasteiger partial charge in [-0.15, -0.1) is 0 Å². The molecule has 0 saturated carbocycles. The van der Waals surface area contributed by atoms with E-state index in [4.69, 9.17) is 23.7 Å². The van der Waals surface area contributed by atoms with Crippen molar-refractivity contribution < 1.29 is 48.6 Å². The highest BCUT2D eigenvalue weighted by Gasteiger charge is 2.39. The van der Waals surface area contributed by atoms with Crippen LogP contribution in [0, 0.1) is 0 Å². The summed E-state index contributed by atoms with van der Waals surface area (Å²) in [6.07, 6.45) is 6.39. The molecule has 48 heavy (non-hydrogen) atoms. The molecule has 5 rings (SSSR count). The molecule has 0 amide bonds. The van der Waals surface area contributed by atoms with E-state index in [9.17, 15) is 24.9 Å². The van der Waals surface area contributed by atoms with Crippen molar-refractivity contribution in [1.29, 1.82) is 0 Å². The Hall–Kier alpha value is -5.90. The monoisotopic (exact) mass is 652 g/mol. The van der Waals surface area contributed by atoms with Gasteiger partial charge in [0.2, 0.25) is 0 Å². The zero-order valence-electron chi connectivity index (χ0n) is 26.5. The largest absolute Gasteiger partial charge is 0.508 e. The van der Waals surface area contributed by atoms with Crippen LogP contribution in [-0.2, 0) is 25.5 Å². The molecule has 0 unspecified atom stereocenters. The van der Waals surface area contributed by atoms with E-state index in [1.165, 1.54) is 49.6 Å². The fourth-order valence-electron chi connectivity index (χ4n) is 5.32. The Balaban J connectivity index is 1.30. The first-order chi connectivity index (χ1) is 23.2. The summed E-state index contributed by atoms with van der Waals surface area (Å²) in [5.41, 5.74) is 3.89. The van der Waals surface area contributed by atoms with Crippen molar-refractivity contribution in [2.45, 2.75) is 24.9 Å². The molecule has 1 heterocycles. The number of carbonyl (C=O) groups excluding carboxylic acids is 2. The van der Waals surface area contributed by atoms with Crippen LogP contribution in [0.15, 0.2) is 91.0 Å². The van der Waals surface area contributed by atoms with E-state index in [-0.39, 0.29) is 36.2 Å². The zero-order valence-corrected chi connectivity index (χ0v) is 26.5. The molecule has 4 aromatic carbocycles. The van der Waals surface area contributed by atoms with Crippen molar-refractivity contribution in [2.24, 2.45) is 0 Å². The number of phenols is 3. The number of carbonyl (C=O) groups is 2. The van der Waals surface area contributed by atoms with E-state index in [1.807, 2.05) is 12.1 Å². The molecule has 3 N–H and O–H groups in total. The summed E-state index contributed by atoms with van der Waals surface area (Å²) in [6.45, 7) is 0.177. The third-order valence-corrected chi connectivity index (χ3v) is 7.77. The van der Waals surface area contributed by atoms with Crippen LogP contribution in [0.2, 0.25) is 0 Å². The number of aromatic hydroxyl groups is 3. The maximum absolute atomic E-state index is 12.8. The summed E-state index contributed by atoms with van der Waals surface area (Å²) in [5.74, 6) is 0.0955. The third kappa shape index (κ3) is 8.47. The molecule has 10 nitrogen and oxygen atoms in total. The normalized spacial score (nSPS) is 15.2. The number of hydrogen-bond acceptors (Lipinski definition) is 10. The van der Waals surface area contributed by atoms with Crippen LogP contribution in [0.1, 0.15) is 46.3 Å². The standard InChI is InChI=1S/C38H36O10/c1-44-33-22-27(11-16-32(33)41)37-31(23-47-36(43)18-10-25-7-14-29(40)15-8-25)30-20-26(21-34(45-2)38(30)48-37)4-3-19-46-35(42)17-9-24-5-12-28(39)13-6-24/h5-18,20-22,31,37,39-41H,3-4,19,23H2,1-2H3/b17-9+,18-10+/t31-,37+/m1/s1. The number of rotatable bonds is 13. The summed E-state index contributed by atoms with van der Waals surface area (Å²) >= 11 is 0. The molecule has 0 saturated heterocycles. The van der Waals surface area contributed by atoms with Gasteiger partial charge in [0.1, 0.15) is 24.2 Å². The molecule has 1 aliphatic heterocycles. The average molecular weight is 653 g/mol. The predicted octanol–water partition coefficient (Wildman–Crippen LogP) is 6.48. The van der Waals surface area contributed by atoms with Crippen molar-refractivity contribution in [2.75, 3.05) is 27.4 Å². The minimum absolute atomic E-state index is 0.0167. The lowest BCUT2D eigenvalue weighted by Gasteiger charge is -2.20. The predicted molar refractivity (Wildman–Crippen MR) is 178 cm³/mol. The minimum Gasteiger partial charge on any atom is -0.508 e. The zero-order chi connectivity index (χ0) is 34.0. The number of benzene rings is 4. The van der Waals surface area contributed by atoms with E-state index >= 15 is 0 Å². The lowest BCUT2D eigenvalue weighted by atomic mass is 9.90. The summed E-state index contributed by atoms with van der Waals surface area (Å²) in [6, 6.07) is 21.6. The second-order valence-corrected chi connectivity index (χ2v) is 11.0. The van der Waals surface area contributed by atoms with Crippen LogP contribution in [0.25, 0.3) is 12.2 Å². The number of methoxy groups -OCH3 is 2. The van der Waals surface area contributed by atoms with Crippen molar-refractivity contribution in [3.05, 3.63) is 119 Å². The Bertz CT molecular complexity index is 1790. The topological polar surface area (TPSA) is 141 Å². The van der Waals surface area contributed by atoms with E-state index in [0.29, 0.717) is 29.9 Å². The molecular formula is C38H36O10. The summed E-state index contributed by atoms with van der Waals surface area (Å²) in [5, 5.41) is 29.1. The number of aryl methyl sites for hydroxylation is 1. The van der Waals surface area contributed by atoms with Crippen LogP contribution in [0.5, 0.6) is 34.5 Å². The highest BCUT2D eigenvalue weighted by atomic mass is 16.5. The quantitative estimate of drug-likeness (QED) is 0.0835. The van der Waals surface area contributed by atoms with Gasteiger partial charge in [0.15, 0.2) is 23.0 Å². The Morgan fingerprint density at radius 2 is 1.35 bits per heavy atom. The molecular weight excluding hydrogens is 616 g/mol. The van der Waals surface area contributed by atoms with Crippen LogP contribution in [0.3, 0.4) is 0 Å². The Morgan fingerprint density at radius 1 is 0.750 bits per heavy atom. The molecule has 4 aromatic rings. The van der Waals surface area contributed by atoms with Gasteiger partial charge >= 0.3 is 11.9 Å². The van der Waals surface area contributed by atoms with E-state index in [0.717, 1.165) is 22.3 Å². The molecule has 0 bridgehead atoms. The number of phenolic OH excluding ortho intramolecular Hbond substituents is 3. The van der Waals surface area contributed by atoms with Crippen LogP contribution < -0.4 is 14.2 Å². The Labute approximate surface area is 278 Å². The van der Waals surface area contributed by atoms with Crippen molar-refractivity contribution in [1.82, 2.24) is 0 Å². The van der Waals surface area contributed by atoms with E-state index < -0.39 is 24.0 Å².